The number of nitrogens with one attached hydrogen (secondary N) is 1. The number of hydrogen-bond donors (Lipinski definition) is 1. The number of hydrogen-bond acceptors (Lipinski definition) is 5. The van der Waals surface area contributed by atoms with Gasteiger partial charge in [-0.05, 0) is 52.0 Å². The van der Waals surface area contributed by atoms with Crippen LogP contribution in [-0.2, 0) is 12.7 Å². The lowest BCUT2D eigenvalue weighted by Crippen LogP contribution is -2.27. The number of alkyl halides is 3. The molecule has 1 heterocycles. The zero-order chi connectivity index (χ0) is 27.0. The summed E-state index contributed by atoms with van der Waals surface area (Å²) in [5, 5.41) is 11.9. The number of ketones is 1. The second kappa shape index (κ2) is 12.8. The van der Waals surface area contributed by atoms with Crippen LogP contribution in [0.5, 0.6) is 0 Å². The maximum atomic E-state index is 14.4. The zero-order valence-corrected chi connectivity index (χ0v) is 21.6. The molecule has 0 aliphatic rings. The highest BCUT2D eigenvalue weighted by molar-refractivity contribution is 6.11. The molecule has 3 rings (SSSR count). The largest absolute Gasteiger partial charge is 0.418 e. The lowest BCUT2D eigenvalue weighted by molar-refractivity contribution is -0.137. The fourth-order valence-electron chi connectivity index (χ4n) is 4.31. The van der Waals surface area contributed by atoms with Gasteiger partial charge in [0.05, 0.1) is 23.8 Å². The molecule has 1 aromatic heterocycles. The van der Waals surface area contributed by atoms with Gasteiger partial charge in [0, 0.05) is 11.1 Å². The molecule has 0 saturated heterocycles. The molecule has 1 atom stereocenters. The van der Waals surface area contributed by atoms with E-state index in [2.05, 4.69) is 22.1 Å². The van der Waals surface area contributed by atoms with E-state index < -0.39 is 17.5 Å². The second-order valence-electron chi connectivity index (χ2n) is 9.08. The number of halogens is 3. The van der Waals surface area contributed by atoms with Crippen molar-refractivity contribution in [3.05, 3.63) is 89.5 Å². The van der Waals surface area contributed by atoms with Gasteiger partial charge >= 0.3 is 6.18 Å². The Bertz CT molecular complexity index is 1190. The Morgan fingerprint density at radius 1 is 1.14 bits per heavy atom. The first-order chi connectivity index (χ1) is 17.7. The van der Waals surface area contributed by atoms with Gasteiger partial charge in [-0.15, -0.1) is 16.8 Å². The van der Waals surface area contributed by atoms with Gasteiger partial charge in [0.15, 0.2) is 17.4 Å². The first kappa shape index (κ1) is 28.3. The third-order valence-electron chi connectivity index (χ3n) is 6.13. The van der Waals surface area contributed by atoms with Gasteiger partial charge in [0.1, 0.15) is 0 Å². The molecule has 9 heteroatoms. The quantitative estimate of drug-likeness (QED) is 0.173. The summed E-state index contributed by atoms with van der Waals surface area (Å²) in [6, 6.07) is 11.7. The SMILES string of the molecule is C=CCCCNCc1nnc(C(CCC)N(C)C)n1-c1c(C(=O)c2ccccc2)cccc1C(F)(F)F. The van der Waals surface area contributed by atoms with Gasteiger partial charge in [0.2, 0.25) is 0 Å². The fraction of sp³-hybridized carbons (Fsp3) is 0.393. The summed E-state index contributed by atoms with van der Waals surface area (Å²) in [6.45, 7) is 6.55. The van der Waals surface area contributed by atoms with E-state index in [0.717, 1.165) is 25.3 Å². The number of para-hydroxylation sites is 1. The Morgan fingerprint density at radius 2 is 1.86 bits per heavy atom. The van der Waals surface area contributed by atoms with Gasteiger partial charge in [-0.2, -0.15) is 13.2 Å². The molecular weight excluding hydrogens is 479 g/mol. The molecule has 0 aliphatic carbocycles. The van der Waals surface area contributed by atoms with Crippen molar-refractivity contribution in [2.45, 2.75) is 51.4 Å². The molecule has 0 fully saturated rings. The average molecular weight is 514 g/mol. The summed E-state index contributed by atoms with van der Waals surface area (Å²) in [5.74, 6) is 0.187. The van der Waals surface area contributed by atoms with Gasteiger partial charge in [-0.1, -0.05) is 55.8 Å². The average Bonchev–Trinajstić information content (AvgIpc) is 3.29. The number of carbonyl (C=O) groups is 1. The van der Waals surface area contributed by atoms with E-state index in [1.54, 1.807) is 30.3 Å². The molecule has 1 unspecified atom stereocenters. The van der Waals surface area contributed by atoms with Crippen LogP contribution < -0.4 is 5.32 Å². The van der Waals surface area contributed by atoms with Crippen LogP contribution in [0.4, 0.5) is 13.2 Å². The van der Waals surface area contributed by atoms with Crippen LogP contribution in [0.3, 0.4) is 0 Å². The Hall–Kier alpha value is -3.30. The topological polar surface area (TPSA) is 63.1 Å². The minimum atomic E-state index is -4.70. The molecule has 0 saturated carbocycles. The lowest BCUT2D eigenvalue weighted by atomic mass is 9.97. The molecule has 2 aromatic carbocycles. The number of rotatable bonds is 13. The van der Waals surface area contributed by atoms with E-state index in [-0.39, 0.29) is 23.8 Å². The summed E-state index contributed by atoms with van der Waals surface area (Å²) in [4.78, 5) is 15.5. The molecular formula is C28H34F3N5O. The van der Waals surface area contributed by atoms with E-state index in [0.29, 0.717) is 30.2 Å². The van der Waals surface area contributed by atoms with Gasteiger partial charge < -0.3 is 5.32 Å². The molecule has 0 aliphatic heterocycles. The van der Waals surface area contributed by atoms with Crippen molar-refractivity contribution in [2.75, 3.05) is 20.6 Å². The highest BCUT2D eigenvalue weighted by Gasteiger charge is 2.38. The van der Waals surface area contributed by atoms with Gasteiger partial charge in [-0.3, -0.25) is 14.3 Å². The van der Waals surface area contributed by atoms with Crippen LogP contribution in [-0.4, -0.2) is 46.1 Å². The first-order valence-corrected chi connectivity index (χ1v) is 12.4. The van der Waals surface area contributed by atoms with E-state index in [1.807, 2.05) is 32.0 Å². The highest BCUT2D eigenvalue weighted by Crippen LogP contribution is 2.38. The number of unbranched alkanes of at least 4 members (excludes halogenated alkanes) is 1. The third-order valence-corrected chi connectivity index (χ3v) is 6.13. The van der Waals surface area contributed by atoms with Crippen molar-refractivity contribution >= 4 is 5.78 Å². The monoisotopic (exact) mass is 513 g/mol. The number of aromatic nitrogens is 3. The zero-order valence-electron chi connectivity index (χ0n) is 21.6. The summed E-state index contributed by atoms with van der Waals surface area (Å²) in [5.41, 5.74) is -0.893. The molecule has 0 bridgehead atoms. The Kier molecular flexibility index (Phi) is 9.77. The lowest BCUT2D eigenvalue weighted by Gasteiger charge is -2.26. The van der Waals surface area contributed by atoms with Crippen molar-refractivity contribution < 1.29 is 18.0 Å². The van der Waals surface area contributed by atoms with Crippen LogP contribution >= 0.6 is 0 Å². The smallest absolute Gasteiger partial charge is 0.310 e. The number of allylic oxidation sites excluding steroid dienone is 1. The van der Waals surface area contributed by atoms with E-state index in [9.17, 15) is 18.0 Å². The van der Waals surface area contributed by atoms with Gasteiger partial charge in [0.25, 0.3) is 0 Å². The fourth-order valence-corrected chi connectivity index (χ4v) is 4.31. The molecule has 0 radical (unpaired) electrons. The van der Waals surface area contributed by atoms with E-state index in [1.165, 1.54) is 16.7 Å². The van der Waals surface area contributed by atoms with Crippen molar-refractivity contribution in [2.24, 2.45) is 0 Å². The number of carbonyl (C=O) groups excluding carboxylic acids is 1. The van der Waals surface area contributed by atoms with E-state index in [4.69, 9.17) is 0 Å². The summed E-state index contributed by atoms with van der Waals surface area (Å²) in [7, 11) is 3.72. The van der Waals surface area contributed by atoms with Crippen LogP contribution in [0, 0.1) is 0 Å². The van der Waals surface area contributed by atoms with Crippen LogP contribution in [0.2, 0.25) is 0 Å². The van der Waals surface area contributed by atoms with Crippen molar-refractivity contribution in [1.29, 1.82) is 0 Å². The van der Waals surface area contributed by atoms with E-state index >= 15 is 0 Å². The second-order valence-corrected chi connectivity index (χ2v) is 9.08. The molecule has 3 aromatic rings. The summed E-state index contributed by atoms with van der Waals surface area (Å²) >= 11 is 0. The highest BCUT2D eigenvalue weighted by atomic mass is 19.4. The predicted octanol–water partition coefficient (Wildman–Crippen LogP) is 5.98. The van der Waals surface area contributed by atoms with Crippen molar-refractivity contribution in [1.82, 2.24) is 25.0 Å². The Morgan fingerprint density at radius 3 is 2.49 bits per heavy atom. The molecule has 198 valence electrons. The van der Waals surface area contributed by atoms with Crippen molar-refractivity contribution in [3.8, 4) is 5.69 Å². The number of nitrogens with zero attached hydrogens (tertiary/aromatic N) is 4. The maximum Gasteiger partial charge on any atom is 0.418 e. The maximum absolute atomic E-state index is 14.4. The number of benzene rings is 2. The third kappa shape index (κ3) is 6.72. The molecule has 0 spiro atoms. The van der Waals surface area contributed by atoms with Gasteiger partial charge in [-0.25, -0.2) is 0 Å². The van der Waals surface area contributed by atoms with Crippen LogP contribution in [0.25, 0.3) is 5.69 Å². The molecule has 6 nitrogen and oxygen atoms in total. The predicted molar refractivity (Wildman–Crippen MR) is 139 cm³/mol. The molecule has 0 amide bonds. The minimum absolute atomic E-state index is 0.0519. The Labute approximate surface area is 216 Å². The first-order valence-electron chi connectivity index (χ1n) is 12.4. The summed E-state index contributed by atoms with van der Waals surface area (Å²) in [6.07, 6.45) is 0.219. The normalized spacial score (nSPS) is 12.6. The minimum Gasteiger partial charge on any atom is -0.310 e. The van der Waals surface area contributed by atoms with Crippen LogP contribution in [0.15, 0.2) is 61.2 Å². The summed E-state index contributed by atoms with van der Waals surface area (Å²) < 4.78 is 44.8. The molecule has 1 N–H and O–H groups in total. The Balaban J connectivity index is 2.27. The molecule has 37 heavy (non-hydrogen) atoms. The van der Waals surface area contributed by atoms with Crippen LogP contribution in [0.1, 0.15) is 71.8 Å². The standard InChI is InChI=1S/C28H34F3N5O/c1-5-7-11-18-32-19-24-33-34-27(23(13-6-2)35(3)4)36(24)25-21(16-12-17-22(25)28(29,30)31)26(37)20-14-9-8-10-15-20/h5,8-10,12,14-17,23,32H,1,6-7,11,13,18-19H2,2-4H3. The van der Waals surface area contributed by atoms with Crippen molar-refractivity contribution in [3.63, 3.8) is 0 Å².